The molecule has 0 saturated heterocycles. The first kappa shape index (κ1) is 20.4. The molecule has 1 amide bonds. The largest absolute Gasteiger partial charge is 0.493 e. The number of hydrogen-bond donors (Lipinski definition) is 0. The number of carbonyl (C=O) groups excluding carboxylic acids is 1. The molecular formula is C26H24N2O3. The summed E-state index contributed by atoms with van der Waals surface area (Å²) in [5.74, 6) is 1.16. The summed E-state index contributed by atoms with van der Waals surface area (Å²) in [4.78, 5) is 12.9. The van der Waals surface area contributed by atoms with Gasteiger partial charge in [-0.3, -0.25) is 4.79 Å². The van der Waals surface area contributed by atoms with E-state index in [1.165, 1.54) is 5.01 Å². The Kier molecular flexibility index (Phi) is 6.13. The van der Waals surface area contributed by atoms with Crippen LogP contribution in [-0.4, -0.2) is 23.7 Å². The lowest BCUT2D eigenvalue weighted by atomic mass is 10.1. The SMILES string of the molecule is COc1ccc(/C=C2\C(=O)N(Cc3ccccc3)N=C2C)cc1OCc1ccccc1. The van der Waals surface area contributed by atoms with Crippen LogP contribution in [0.5, 0.6) is 11.5 Å². The van der Waals surface area contributed by atoms with E-state index in [0.717, 1.165) is 16.7 Å². The van der Waals surface area contributed by atoms with E-state index in [1.807, 2.05) is 91.9 Å². The summed E-state index contributed by atoms with van der Waals surface area (Å²) in [5.41, 5.74) is 4.23. The van der Waals surface area contributed by atoms with Gasteiger partial charge in [0.2, 0.25) is 0 Å². The maximum atomic E-state index is 12.9. The molecule has 5 heteroatoms. The Morgan fingerprint density at radius 3 is 2.26 bits per heavy atom. The van der Waals surface area contributed by atoms with Crippen LogP contribution in [-0.2, 0) is 17.9 Å². The summed E-state index contributed by atoms with van der Waals surface area (Å²) >= 11 is 0. The van der Waals surface area contributed by atoms with Gasteiger partial charge in [0.1, 0.15) is 6.61 Å². The van der Waals surface area contributed by atoms with Gasteiger partial charge in [-0.05, 0) is 41.8 Å². The average Bonchev–Trinajstić information content (AvgIpc) is 3.06. The van der Waals surface area contributed by atoms with Crippen molar-refractivity contribution in [3.63, 3.8) is 0 Å². The van der Waals surface area contributed by atoms with E-state index < -0.39 is 0 Å². The zero-order valence-corrected chi connectivity index (χ0v) is 17.6. The molecule has 1 heterocycles. The van der Waals surface area contributed by atoms with E-state index in [-0.39, 0.29) is 5.91 Å². The molecule has 3 aromatic rings. The summed E-state index contributed by atoms with van der Waals surface area (Å²) in [6.07, 6.45) is 1.85. The van der Waals surface area contributed by atoms with Crippen molar-refractivity contribution >= 4 is 17.7 Å². The summed E-state index contributed by atoms with van der Waals surface area (Å²) in [6.45, 7) is 2.73. The third-order valence-corrected chi connectivity index (χ3v) is 5.04. The van der Waals surface area contributed by atoms with E-state index in [4.69, 9.17) is 9.47 Å². The third kappa shape index (κ3) is 4.83. The Balaban J connectivity index is 1.53. The van der Waals surface area contributed by atoms with E-state index in [2.05, 4.69) is 5.10 Å². The van der Waals surface area contributed by atoms with E-state index in [9.17, 15) is 4.79 Å². The molecule has 5 nitrogen and oxygen atoms in total. The topological polar surface area (TPSA) is 51.1 Å². The van der Waals surface area contributed by atoms with Crippen molar-refractivity contribution in [1.82, 2.24) is 5.01 Å². The highest BCUT2D eigenvalue weighted by Crippen LogP contribution is 2.30. The second-order valence-electron chi connectivity index (χ2n) is 7.28. The first-order chi connectivity index (χ1) is 15.1. The molecule has 31 heavy (non-hydrogen) atoms. The van der Waals surface area contributed by atoms with Crippen LogP contribution in [0.3, 0.4) is 0 Å². The lowest BCUT2D eigenvalue weighted by Gasteiger charge is -2.12. The first-order valence-corrected chi connectivity index (χ1v) is 10.1. The summed E-state index contributed by atoms with van der Waals surface area (Å²) in [5, 5.41) is 5.96. The number of benzene rings is 3. The smallest absolute Gasteiger partial charge is 0.276 e. The van der Waals surface area contributed by atoms with Gasteiger partial charge in [-0.2, -0.15) is 5.10 Å². The predicted molar refractivity (Wildman–Crippen MR) is 122 cm³/mol. The van der Waals surface area contributed by atoms with Crippen molar-refractivity contribution in [2.45, 2.75) is 20.1 Å². The molecule has 0 fully saturated rings. The minimum Gasteiger partial charge on any atom is -0.493 e. The van der Waals surface area contributed by atoms with Gasteiger partial charge in [0.15, 0.2) is 11.5 Å². The first-order valence-electron chi connectivity index (χ1n) is 10.1. The molecule has 0 aromatic heterocycles. The summed E-state index contributed by atoms with van der Waals surface area (Å²) < 4.78 is 11.4. The Bertz CT molecular complexity index is 1120. The Labute approximate surface area is 182 Å². The van der Waals surface area contributed by atoms with Gasteiger partial charge in [0.05, 0.1) is 24.9 Å². The van der Waals surface area contributed by atoms with Crippen LogP contribution < -0.4 is 9.47 Å². The fourth-order valence-electron chi connectivity index (χ4n) is 3.40. The second-order valence-corrected chi connectivity index (χ2v) is 7.28. The lowest BCUT2D eigenvalue weighted by Crippen LogP contribution is -2.21. The summed E-state index contributed by atoms with van der Waals surface area (Å²) in [7, 11) is 1.61. The second kappa shape index (κ2) is 9.30. The van der Waals surface area contributed by atoms with Gasteiger partial charge >= 0.3 is 0 Å². The van der Waals surface area contributed by atoms with Crippen LogP contribution in [0.1, 0.15) is 23.6 Å². The van der Waals surface area contributed by atoms with Gasteiger partial charge in [-0.25, -0.2) is 5.01 Å². The number of hydrazone groups is 1. The van der Waals surface area contributed by atoms with Crippen molar-refractivity contribution in [3.05, 3.63) is 101 Å². The summed E-state index contributed by atoms with van der Waals surface area (Å²) in [6, 6.07) is 25.4. The Morgan fingerprint density at radius 1 is 0.903 bits per heavy atom. The van der Waals surface area contributed by atoms with E-state index in [1.54, 1.807) is 7.11 Å². The monoisotopic (exact) mass is 412 g/mol. The maximum absolute atomic E-state index is 12.9. The molecule has 0 radical (unpaired) electrons. The minimum atomic E-state index is -0.107. The zero-order valence-electron chi connectivity index (χ0n) is 17.6. The molecule has 0 N–H and O–H groups in total. The van der Waals surface area contributed by atoms with E-state index >= 15 is 0 Å². The molecule has 156 valence electrons. The fourth-order valence-corrected chi connectivity index (χ4v) is 3.40. The number of nitrogens with zero attached hydrogens (tertiary/aromatic N) is 2. The number of amides is 1. The van der Waals surface area contributed by atoms with Gasteiger partial charge in [0.25, 0.3) is 5.91 Å². The highest BCUT2D eigenvalue weighted by Gasteiger charge is 2.27. The molecule has 0 saturated carbocycles. The zero-order chi connectivity index (χ0) is 21.6. The molecule has 4 rings (SSSR count). The van der Waals surface area contributed by atoms with Crippen molar-refractivity contribution in [1.29, 1.82) is 0 Å². The van der Waals surface area contributed by atoms with Crippen LogP contribution in [0.2, 0.25) is 0 Å². The van der Waals surface area contributed by atoms with Crippen molar-refractivity contribution in [2.75, 3.05) is 7.11 Å². The predicted octanol–water partition coefficient (Wildman–Crippen LogP) is 5.08. The van der Waals surface area contributed by atoms with Gasteiger partial charge < -0.3 is 9.47 Å². The third-order valence-electron chi connectivity index (χ3n) is 5.04. The molecular weight excluding hydrogens is 388 g/mol. The minimum absolute atomic E-state index is 0.107. The molecule has 3 aromatic carbocycles. The molecule has 0 bridgehead atoms. The standard InChI is InChI=1S/C26H24N2O3/c1-19-23(26(29)28(27-19)17-20-9-5-3-6-10-20)15-22-13-14-24(30-2)25(16-22)31-18-21-11-7-4-8-12-21/h3-16H,17-18H2,1-2H3/b23-15-. The molecule has 0 aliphatic carbocycles. The number of methoxy groups -OCH3 is 1. The number of carbonyl (C=O) groups is 1. The van der Waals surface area contributed by atoms with Crippen molar-refractivity contribution < 1.29 is 14.3 Å². The van der Waals surface area contributed by atoms with Gasteiger partial charge in [-0.15, -0.1) is 0 Å². The number of hydrogen-bond acceptors (Lipinski definition) is 4. The quantitative estimate of drug-likeness (QED) is 0.509. The van der Waals surface area contributed by atoms with E-state index in [0.29, 0.717) is 35.9 Å². The fraction of sp³-hybridized carbons (Fsp3) is 0.154. The molecule has 0 spiro atoms. The lowest BCUT2D eigenvalue weighted by molar-refractivity contribution is -0.126. The van der Waals surface area contributed by atoms with Crippen LogP contribution in [0.15, 0.2) is 89.5 Å². The van der Waals surface area contributed by atoms with Crippen LogP contribution >= 0.6 is 0 Å². The van der Waals surface area contributed by atoms with Gasteiger partial charge in [0, 0.05) is 0 Å². The highest BCUT2D eigenvalue weighted by atomic mass is 16.5. The molecule has 0 unspecified atom stereocenters. The van der Waals surface area contributed by atoms with Crippen LogP contribution in [0, 0.1) is 0 Å². The molecule has 0 atom stereocenters. The normalized spacial score (nSPS) is 14.6. The number of rotatable bonds is 7. The van der Waals surface area contributed by atoms with Crippen molar-refractivity contribution in [2.24, 2.45) is 5.10 Å². The molecule has 1 aliphatic heterocycles. The molecule has 1 aliphatic rings. The highest BCUT2D eigenvalue weighted by molar-refractivity contribution is 6.26. The van der Waals surface area contributed by atoms with Crippen LogP contribution in [0.4, 0.5) is 0 Å². The Morgan fingerprint density at radius 2 is 1.58 bits per heavy atom. The number of ether oxygens (including phenoxy) is 2. The van der Waals surface area contributed by atoms with Gasteiger partial charge in [-0.1, -0.05) is 66.7 Å². The maximum Gasteiger partial charge on any atom is 0.276 e. The van der Waals surface area contributed by atoms with Crippen molar-refractivity contribution in [3.8, 4) is 11.5 Å². The Hall–Kier alpha value is -3.86. The van der Waals surface area contributed by atoms with Crippen LogP contribution in [0.25, 0.3) is 6.08 Å². The average molecular weight is 412 g/mol.